The van der Waals surface area contributed by atoms with Crippen molar-refractivity contribution in [2.24, 2.45) is 5.41 Å². The molecule has 0 amide bonds. The van der Waals surface area contributed by atoms with Crippen molar-refractivity contribution in [1.29, 1.82) is 0 Å². The summed E-state index contributed by atoms with van der Waals surface area (Å²) in [4.78, 5) is 28.7. The van der Waals surface area contributed by atoms with Gasteiger partial charge in [0, 0.05) is 0 Å². The SMILES string of the molecule is CC(C)(C)OC(=O)CS(=O)(=O)NOC(=O)C(C)(C)C. The molecule has 0 aliphatic rings. The lowest BCUT2D eigenvalue weighted by atomic mass is 9.98. The van der Waals surface area contributed by atoms with Crippen molar-refractivity contribution in [3.8, 4) is 0 Å². The van der Waals surface area contributed by atoms with Gasteiger partial charge in [0.15, 0.2) is 5.75 Å². The summed E-state index contributed by atoms with van der Waals surface area (Å²) in [6, 6.07) is 0. The van der Waals surface area contributed by atoms with Crippen LogP contribution in [0.5, 0.6) is 0 Å². The fourth-order valence-corrected chi connectivity index (χ4v) is 1.44. The van der Waals surface area contributed by atoms with Gasteiger partial charge in [-0.05, 0) is 46.4 Å². The van der Waals surface area contributed by atoms with Crippen LogP contribution in [-0.4, -0.2) is 31.7 Å². The van der Waals surface area contributed by atoms with Gasteiger partial charge in [-0.15, -0.1) is 0 Å². The molecular formula is C11H21NO6S. The number of carbonyl (C=O) groups is 2. The molecule has 0 bridgehead atoms. The van der Waals surface area contributed by atoms with E-state index in [9.17, 15) is 18.0 Å². The molecule has 0 rings (SSSR count). The number of esters is 1. The molecule has 19 heavy (non-hydrogen) atoms. The van der Waals surface area contributed by atoms with E-state index in [0.29, 0.717) is 0 Å². The second-order valence-electron chi connectivity index (χ2n) is 6.07. The molecule has 0 aromatic carbocycles. The van der Waals surface area contributed by atoms with Gasteiger partial charge in [-0.25, -0.2) is 13.2 Å². The summed E-state index contributed by atoms with van der Waals surface area (Å²) in [6.07, 6.45) is 0. The standard InChI is InChI=1S/C11H21NO6S/c1-10(2,3)9(14)18-12-19(15,16)7-8(13)17-11(4,5)6/h12H,7H2,1-6H3. The van der Waals surface area contributed by atoms with Crippen LogP contribution in [0.3, 0.4) is 0 Å². The molecule has 0 radical (unpaired) electrons. The molecule has 0 heterocycles. The van der Waals surface area contributed by atoms with Gasteiger partial charge in [0.05, 0.1) is 5.41 Å². The van der Waals surface area contributed by atoms with Gasteiger partial charge in [-0.1, -0.05) is 0 Å². The van der Waals surface area contributed by atoms with Gasteiger partial charge < -0.3 is 9.57 Å². The number of nitrogens with one attached hydrogen (secondary N) is 1. The predicted molar refractivity (Wildman–Crippen MR) is 68.3 cm³/mol. The van der Waals surface area contributed by atoms with E-state index in [1.165, 1.54) is 0 Å². The zero-order valence-corrected chi connectivity index (χ0v) is 12.9. The molecule has 7 nitrogen and oxygen atoms in total. The van der Waals surface area contributed by atoms with Crippen LogP contribution in [0.4, 0.5) is 0 Å². The highest BCUT2D eigenvalue weighted by Crippen LogP contribution is 2.14. The maximum absolute atomic E-state index is 11.5. The maximum Gasteiger partial charge on any atom is 0.331 e. The van der Waals surface area contributed by atoms with E-state index in [0.717, 1.165) is 0 Å². The quantitative estimate of drug-likeness (QED) is 0.607. The Hall–Kier alpha value is -1.15. The Morgan fingerprint density at radius 3 is 1.89 bits per heavy atom. The Labute approximate surface area is 113 Å². The minimum atomic E-state index is -4.08. The number of hydrogen-bond acceptors (Lipinski definition) is 6. The Bertz CT molecular complexity index is 441. The summed E-state index contributed by atoms with van der Waals surface area (Å²) in [5.74, 6) is -2.59. The van der Waals surface area contributed by atoms with Gasteiger partial charge in [0.25, 0.3) is 10.0 Å². The van der Waals surface area contributed by atoms with Crippen molar-refractivity contribution in [3.63, 3.8) is 0 Å². The average Bonchev–Trinajstić information content (AvgIpc) is 2.08. The van der Waals surface area contributed by atoms with Crippen LogP contribution in [-0.2, 0) is 29.2 Å². The molecule has 0 unspecified atom stereocenters. The van der Waals surface area contributed by atoms with E-state index >= 15 is 0 Å². The fraction of sp³-hybridized carbons (Fsp3) is 0.818. The van der Waals surface area contributed by atoms with Gasteiger partial charge in [-0.2, -0.15) is 0 Å². The summed E-state index contributed by atoms with van der Waals surface area (Å²) in [5, 5.41) is 0. The van der Waals surface area contributed by atoms with Crippen molar-refractivity contribution < 1.29 is 27.6 Å². The lowest BCUT2D eigenvalue weighted by molar-refractivity contribution is -0.157. The summed E-state index contributed by atoms with van der Waals surface area (Å²) >= 11 is 0. The lowest BCUT2D eigenvalue weighted by Crippen LogP contribution is -2.37. The number of sulfonamides is 1. The normalized spacial score (nSPS) is 12.9. The van der Waals surface area contributed by atoms with Crippen molar-refractivity contribution in [2.75, 3.05) is 5.75 Å². The molecule has 1 N–H and O–H groups in total. The van der Waals surface area contributed by atoms with Crippen LogP contribution >= 0.6 is 0 Å². The molecule has 0 fully saturated rings. The highest BCUT2D eigenvalue weighted by atomic mass is 32.2. The number of rotatable bonds is 4. The van der Waals surface area contributed by atoms with E-state index in [2.05, 4.69) is 4.84 Å². The minimum Gasteiger partial charge on any atom is -0.459 e. The first-order chi connectivity index (χ1) is 8.23. The summed E-state index contributed by atoms with van der Waals surface area (Å²) in [6.45, 7) is 9.55. The first-order valence-corrected chi connectivity index (χ1v) is 7.31. The lowest BCUT2D eigenvalue weighted by Gasteiger charge is -2.19. The minimum absolute atomic E-state index is 0.750. The third-order valence-electron chi connectivity index (χ3n) is 1.60. The molecule has 0 spiro atoms. The van der Waals surface area contributed by atoms with Crippen LogP contribution in [0.15, 0.2) is 0 Å². The maximum atomic E-state index is 11.5. The van der Waals surface area contributed by atoms with Crippen molar-refractivity contribution in [2.45, 2.75) is 47.1 Å². The molecule has 0 aromatic heterocycles. The van der Waals surface area contributed by atoms with E-state index < -0.39 is 38.7 Å². The molecule has 0 aliphatic heterocycles. The largest absolute Gasteiger partial charge is 0.459 e. The summed E-state index contributed by atoms with van der Waals surface area (Å²) in [7, 11) is -4.08. The van der Waals surface area contributed by atoms with Gasteiger partial charge >= 0.3 is 11.9 Å². The monoisotopic (exact) mass is 295 g/mol. The average molecular weight is 295 g/mol. The predicted octanol–water partition coefficient (Wildman–Crippen LogP) is 0.752. The molecule has 0 atom stereocenters. The van der Waals surface area contributed by atoms with Crippen LogP contribution in [0, 0.1) is 5.41 Å². The third-order valence-corrected chi connectivity index (χ3v) is 2.55. The summed E-state index contributed by atoms with van der Waals surface area (Å²) in [5.41, 5.74) is -1.64. The van der Waals surface area contributed by atoms with Gasteiger partial charge in [0.2, 0.25) is 0 Å². The highest BCUT2D eigenvalue weighted by molar-refractivity contribution is 7.90. The zero-order chi connectivity index (χ0) is 15.5. The van der Waals surface area contributed by atoms with E-state index in [1.807, 2.05) is 0 Å². The van der Waals surface area contributed by atoms with E-state index in [1.54, 1.807) is 46.4 Å². The molecule has 0 saturated carbocycles. The van der Waals surface area contributed by atoms with Crippen molar-refractivity contribution in [3.05, 3.63) is 0 Å². The van der Waals surface area contributed by atoms with Crippen molar-refractivity contribution >= 4 is 22.0 Å². The van der Waals surface area contributed by atoms with Crippen molar-refractivity contribution in [1.82, 2.24) is 4.89 Å². The first-order valence-electron chi connectivity index (χ1n) is 5.65. The molecule has 0 aliphatic carbocycles. The molecule has 112 valence electrons. The topological polar surface area (TPSA) is 98.8 Å². The van der Waals surface area contributed by atoms with Crippen LogP contribution in [0.2, 0.25) is 0 Å². The molecule has 8 heteroatoms. The molecule has 0 aromatic rings. The first kappa shape index (κ1) is 17.8. The Morgan fingerprint density at radius 1 is 1.05 bits per heavy atom. The van der Waals surface area contributed by atoms with Gasteiger partial charge in [-0.3, -0.25) is 4.79 Å². The highest BCUT2D eigenvalue weighted by Gasteiger charge is 2.27. The van der Waals surface area contributed by atoms with Crippen LogP contribution in [0.25, 0.3) is 0 Å². The van der Waals surface area contributed by atoms with E-state index in [4.69, 9.17) is 4.74 Å². The second-order valence-corrected chi connectivity index (χ2v) is 7.75. The number of ether oxygens (including phenoxy) is 1. The smallest absolute Gasteiger partial charge is 0.331 e. The third kappa shape index (κ3) is 8.55. The molecule has 0 saturated heterocycles. The Morgan fingerprint density at radius 2 is 1.53 bits per heavy atom. The van der Waals surface area contributed by atoms with Crippen LogP contribution in [0.1, 0.15) is 41.5 Å². The zero-order valence-electron chi connectivity index (χ0n) is 12.1. The Balaban J connectivity index is 4.43. The second kappa shape index (κ2) is 5.87. The van der Waals surface area contributed by atoms with Crippen LogP contribution < -0.4 is 4.89 Å². The van der Waals surface area contributed by atoms with E-state index in [-0.39, 0.29) is 0 Å². The fourth-order valence-electron chi connectivity index (χ4n) is 0.810. The number of carbonyl (C=O) groups excluding carboxylic acids is 2. The molecular weight excluding hydrogens is 274 g/mol. The summed E-state index contributed by atoms with van der Waals surface area (Å²) < 4.78 is 27.8. The Kier molecular flexibility index (Phi) is 5.52. The number of hydrogen-bond donors (Lipinski definition) is 1. The van der Waals surface area contributed by atoms with Gasteiger partial charge in [0.1, 0.15) is 5.60 Å².